The van der Waals surface area contributed by atoms with Gasteiger partial charge in [-0.15, -0.1) is 0 Å². The fraction of sp³-hybridized carbons (Fsp3) is 0.143. The number of hydrogen-bond acceptors (Lipinski definition) is 15. The Morgan fingerprint density at radius 3 is 0.491 bits per heavy atom. The van der Waals surface area contributed by atoms with E-state index in [0.717, 1.165) is 60.7 Å². The minimum atomic E-state index is -0.826. The van der Waals surface area contributed by atoms with Crippen LogP contribution in [0.4, 0.5) is 28.4 Å². The van der Waals surface area contributed by atoms with Crippen molar-refractivity contribution in [1.82, 2.24) is 0 Å². The molecule has 0 spiro atoms. The third kappa shape index (κ3) is 7.13. The zero-order valence-electron chi connectivity index (χ0n) is 27.9. The fourth-order valence-electron chi connectivity index (χ4n) is 6.61. The molecular weight excluding hydrogens is 730 g/mol. The number of phenolic OH excluding ortho intramolecular Hbond substituents is 5. The maximum Gasteiger partial charge on any atom is 0.270 e. The van der Waals surface area contributed by atoms with Gasteiger partial charge in [0.25, 0.3) is 28.4 Å². The van der Waals surface area contributed by atoms with Gasteiger partial charge in [-0.3, -0.25) is 50.6 Å². The van der Waals surface area contributed by atoms with Gasteiger partial charge in [0.05, 0.1) is 24.6 Å². The SMILES string of the molecule is O=[N+]([O-])c1cc2c(O)c(c1)Cc1cc([N+](=O)[O-])cc(c1O)Cc1cc([N+](=O)[O-])cc(c1O)Cc1cc([N+](=O)[O-])cc(c1O)Cc1cc([N+](=O)[O-])cc(c1O)C2. The van der Waals surface area contributed by atoms with Crippen molar-refractivity contribution in [3.63, 3.8) is 0 Å². The zero-order valence-corrected chi connectivity index (χ0v) is 27.9. The highest BCUT2D eigenvalue weighted by molar-refractivity contribution is 5.62. The van der Waals surface area contributed by atoms with Crippen molar-refractivity contribution >= 4 is 28.4 Å². The van der Waals surface area contributed by atoms with Crippen LogP contribution in [-0.2, 0) is 32.1 Å². The van der Waals surface area contributed by atoms with Gasteiger partial charge in [-0.25, -0.2) is 0 Å². The first-order chi connectivity index (χ1) is 25.9. The molecule has 55 heavy (non-hydrogen) atoms. The molecule has 0 amide bonds. The highest BCUT2D eigenvalue weighted by atomic mass is 16.6. The number of fused-ring (bicyclic) bond motifs is 10. The van der Waals surface area contributed by atoms with E-state index < -0.39 is 114 Å². The van der Waals surface area contributed by atoms with Crippen LogP contribution in [0.1, 0.15) is 55.6 Å². The Kier molecular flexibility index (Phi) is 9.33. The molecular formula is C35H25N5O15. The zero-order chi connectivity index (χ0) is 40.0. The highest BCUT2D eigenvalue weighted by Gasteiger charge is 2.27. The highest BCUT2D eigenvalue weighted by Crippen LogP contribution is 2.42. The molecule has 0 fully saturated rings. The van der Waals surface area contributed by atoms with Crippen LogP contribution in [0.25, 0.3) is 0 Å². The summed E-state index contributed by atoms with van der Waals surface area (Å²) in [6.07, 6.45) is -2.82. The summed E-state index contributed by atoms with van der Waals surface area (Å²) >= 11 is 0. The molecule has 0 unspecified atom stereocenters. The normalized spacial score (nSPS) is 12.4. The van der Waals surface area contributed by atoms with Gasteiger partial charge in [-0.05, 0) is 0 Å². The van der Waals surface area contributed by atoms with Gasteiger partial charge in [0.1, 0.15) is 28.7 Å². The molecule has 0 heterocycles. The van der Waals surface area contributed by atoms with Crippen LogP contribution in [0.5, 0.6) is 28.7 Å². The molecule has 0 saturated carbocycles. The number of rotatable bonds is 5. The van der Waals surface area contributed by atoms with E-state index in [4.69, 9.17) is 0 Å². The molecule has 0 saturated heterocycles. The fourth-order valence-corrected chi connectivity index (χ4v) is 6.61. The van der Waals surface area contributed by atoms with Crippen molar-refractivity contribution in [3.05, 3.63) is 167 Å². The molecule has 0 radical (unpaired) electrons. The largest absolute Gasteiger partial charge is 0.507 e. The van der Waals surface area contributed by atoms with Gasteiger partial charge in [0, 0.05) is 148 Å². The number of benzene rings is 5. The Bertz CT molecular complexity index is 2020. The second-order valence-electron chi connectivity index (χ2n) is 12.7. The Hall–Kier alpha value is -7.90. The van der Waals surface area contributed by atoms with Crippen LogP contribution in [0.3, 0.4) is 0 Å². The smallest absolute Gasteiger partial charge is 0.270 e. The lowest BCUT2D eigenvalue weighted by molar-refractivity contribution is -0.385. The quantitative estimate of drug-likeness (QED) is 0.0991. The molecule has 1 aliphatic carbocycles. The summed E-state index contributed by atoms with van der Waals surface area (Å²) in [5, 5.41) is 117. The molecule has 20 nitrogen and oxygen atoms in total. The number of nitro benzene ring substituents is 5. The predicted molar refractivity (Wildman–Crippen MR) is 188 cm³/mol. The predicted octanol–water partition coefficient (Wildman–Crippen LogP) is 6.02. The second-order valence-corrected chi connectivity index (χ2v) is 12.7. The van der Waals surface area contributed by atoms with Crippen molar-refractivity contribution in [2.45, 2.75) is 32.1 Å². The van der Waals surface area contributed by atoms with Crippen LogP contribution in [-0.4, -0.2) is 50.1 Å². The Labute approximate surface area is 306 Å². The van der Waals surface area contributed by atoms with E-state index in [2.05, 4.69) is 0 Å². The first kappa shape index (κ1) is 36.9. The molecule has 20 heteroatoms. The van der Waals surface area contributed by atoms with Gasteiger partial charge in [-0.1, -0.05) is 0 Å². The van der Waals surface area contributed by atoms with Crippen LogP contribution >= 0.6 is 0 Å². The molecule has 0 atom stereocenters. The van der Waals surface area contributed by atoms with Gasteiger partial charge in [0.15, 0.2) is 0 Å². The number of hydrogen-bond donors (Lipinski definition) is 5. The third-order valence-corrected chi connectivity index (χ3v) is 9.22. The minimum absolute atomic E-state index is 0.236. The van der Waals surface area contributed by atoms with Crippen molar-refractivity contribution in [2.75, 3.05) is 0 Å². The first-order valence-electron chi connectivity index (χ1n) is 15.9. The molecule has 6 rings (SSSR count). The lowest BCUT2D eigenvalue weighted by Crippen LogP contribution is -2.04. The molecule has 10 bridgehead atoms. The minimum Gasteiger partial charge on any atom is -0.507 e. The van der Waals surface area contributed by atoms with E-state index in [9.17, 15) is 76.1 Å². The maximum absolute atomic E-state index is 12.0. The Morgan fingerprint density at radius 2 is 0.400 bits per heavy atom. The number of non-ortho nitro benzene ring substituents is 5. The summed E-state index contributed by atoms with van der Waals surface area (Å²) in [6.45, 7) is 0. The van der Waals surface area contributed by atoms with E-state index >= 15 is 0 Å². The Morgan fingerprint density at radius 1 is 0.291 bits per heavy atom. The summed E-state index contributed by atoms with van der Waals surface area (Å²) in [4.78, 5) is 55.9. The van der Waals surface area contributed by atoms with Crippen molar-refractivity contribution in [1.29, 1.82) is 0 Å². The number of phenols is 5. The molecule has 5 N–H and O–H groups in total. The van der Waals surface area contributed by atoms with E-state index in [-0.39, 0.29) is 55.6 Å². The van der Waals surface area contributed by atoms with E-state index in [1.807, 2.05) is 0 Å². The van der Waals surface area contributed by atoms with Gasteiger partial charge < -0.3 is 25.5 Å². The molecule has 0 aliphatic heterocycles. The average Bonchev–Trinajstić information content (AvgIpc) is 3.11. The Balaban J connectivity index is 1.70. The van der Waals surface area contributed by atoms with Crippen LogP contribution in [0, 0.1) is 50.6 Å². The molecule has 0 aromatic heterocycles. The lowest BCUT2D eigenvalue weighted by Gasteiger charge is -2.17. The van der Waals surface area contributed by atoms with Gasteiger partial charge >= 0.3 is 0 Å². The maximum atomic E-state index is 12.0. The summed E-state index contributed by atoms with van der Waals surface area (Å²) < 4.78 is 0. The van der Waals surface area contributed by atoms with Crippen molar-refractivity contribution < 1.29 is 50.1 Å². The van der Waals surface area contributed by atoms with Crippen molar-refractivity contribution in [2.24, 2.45) is 0 Å². The van der Waals surface area contributed by atoms with E-state index in [1.54, 1.807) is 0 Å². The molecule has 1 aliphatic rings. The lowest BCUT2D eigenvalue weighted by atomic mass is 9.90. The third-order valence-electron chi connectivity index (χ3n) is 9.22. The monoisotopic (exact) mass is 755 g/mol. The number of nitro groups is 5. The summed E-state index contributed by atoms with van der Waals surface area (Å²) in [5.74, 6) is -3.19. The van der Waals surface area contributed by atoms with Crippen LogP contribution in [0.15, 0.2) is 60.7 Å². The number of aromatic hydroxyl groups is 5. The first-order valence-corrected chi connectivity index (χ1v) is 15.9. The van der Waals surface area contributed by atoms with Gasteiger partial charge in [-0.2, -0.15) is 0 Å². The average molecular weight is 756 g/mol. The molecule has 280 valence electrons. The second kappa shape index (κ2) is 13.9. The van der Waals surface area contributed by atoms with E-state index in [1.165, 1.54) is 0 Å². The summed E-state index contributed by atoms with van der Waals surface area (Å²) in [6, 6.07) is 9.33. The molecule has 5 aromatic carbocycles. The van der Waals surface area contributed by atoms with E-state index in [0.29, 0.717) is 0 Å². The van der Waals surface area contributed by atoms with Gasteiger partial charge in [0.2, 0.25) is 0 Å². The number of nitrogens with zero attached hydrogens (tertiary/aromatic N) is 5. The standard InChI is InChI=1S/C35H25N5O15/c41-31-16-1-17-7-27(37(48)49)9-19(32(17)42)3-21-11-29(39(52)53)13-23(34(21)44)5-25-15-30(40(54)55)14-24(35(25)45)4-22-12-28(38(50)51)10-20(33(22)43)2-18(31)8-26(6-16)36(46)47/h6-15,41-45H,1-5H2. The summed E-state index contributed by atoms with van der Waals surface area (Å²) in [7, 11) is 0. The summed E-state index contributed by atoms with van der Waals surface area (Å²) in [5.41, 5.74) is -5.40. The van der Waals surface area contributed by atoms with Crippen molar-refractivity contribution in [3.8, 4) is 28.7 Å². The van der Waals surface area contributed by atoms with Crippen LogP contribution in [0.2, 0.25) is 0 Å². The molecule has 5 aromatic rings. The van der Waals surface area contributed by atoms with Crippen LogP contribution < -0.4 is 0 Å². The topological polar surface area (TPSA) is 317 Å².